The van der Waals surface area contributed by atoms with Crippen molar-refractivity contribution in [3.05, 3.63) is 17.0 Å². The first-order chi connectivity index (χ1) is 8.10. The Balaban J connectivity index is 2.60. The zero-order valence-electron chi connectivity index (χ0n) is 11.0. The first-order valence-corrected chi connectivity index (χ1v) is 5.84. The van der Waals surface area contributed by atoms with Gasteiger partial charge < -0.3 is 10.1 Å². The van der Waals surface area contributed by atoms with Crippen LogP contribution in [0, 0.1) is 13.8 Å². The van der Waals surface area contributed by atoms with Gasteiger partial charge >= 0.3 is 5.97 Å². The Morgan fingerprint density at radius 3 is 2.76 bits per heavy atom. The lowest BCUT2D eigenvalue weighted by Crippen LogP contribution is -2.09. The first-order valence-electron chi connectivity index (χ1n) is 5.84. The van der Waals surface area contributed by atoms with Crippen LogP contribution < -0.4 is 5.32 Å². The van der Waals surface area contributed by atoms with E-state index in [-0.39, 0.29) is 5.97 Å². The van der Waals surface area contributed by atoms with Gasteiger partial charge in [0.15, 0.2) is 0 Å². The van der Waals surface area contributed by atoms with E-state index in [1.165, 1.54) is 18.4 Å². The molecule has 1 N–H and O–H groups in total. The first kappa shape index (κ1) is 13.7. The lowest BCUT2D eigenvalue weighted by Gasteiger charge is -2.05. The van der Waals surface area contributed by atoms with Gasteiger partial charge in [-0.05, 0) is 27.3 Å². The molecule has 1 rings (SSSR count). The van der Waals surface area contributed by atoms with Gasteiger partial charge in [0.05, 0.1) is 12.8 Å². The molecule has 0 aromatic carbocycles. The van der Waals surface area contributed by atoms with E-state index in [4.69, 9.17) is 0 Å². The maximum absolute atomic E-state index is 11.0. The number of carbonyl (C=O) groups is 1. The summed E-state index contributed by atoms with van der Waals surface area (Å²) in [5.41, 5.74) is 3.46. The second-order valence-corrected chi connectivity index (χ2v) is 4.08. The van der Waals surface area contributed by atoms with Gasteiger partial charge in [-0.3, -0.25) is 9.48 Å². The highest BCUT2D eigenvalue weighted by atomic mass is 16.5. The molecule has 0 aliphatic carbocycles. The molecule has 0 saturated heterocycles. The molecule has 0 aliphatic heterocycles. The number of esters is 1. The van der Waals surface area contributed by atoms with Crippen LogP contribution in [0.2, 0.25) is 0 Å². The van der Waals surface area contributed by atoms with E-state index in [1.54, 1.807) is 0 Å². The highest BCUT2D eigenvalue weighted by Gasteiger charge is 2.10. The fourth-order valence-corrected chi connectivity index (χ4v) is 1.86. The Bertz CT molecular complexity index is 385. The summed E-state index contributed by atoms with van der Waals surface area (Å²) in [6.07, 6.45) is 1.20. The number of hydrogen-bond donors (Lipinski definition) is 1. The minimum atomic E-state index is -0.165. The lowest BCUT2D eigenvalue weighted by molar-refractivity contribution is -0.140. The topological polar surface area (TPSA) is 56.2 Å². The zero-order valence-corrected chi connectivity index (χ0v) is 11.0. The van der Waals surface area contributed by atoms with Crippen LogP contribution >= 0.6 is 0 Å². The van der Waals surface area contributed by atoms with Crippen molar-refractivity contribution in [3.8, 4) is 0 Å². The summed E-state index contributed by atoms with van der Waals surface area (Å²) in [6.45, 7) is 5.65. The summed E-state index contributed by atoms with van der Waals surface area (Å²) in [5.74, 6) is -0.165. The summed E-state index contributed by atoms with van der Waals surface area (Å²) in [6, 6.07) is 0. The van der Waals surface area contributed by atoms with Crippen LogP contribution in [0.1, 0.15) is 29.8 Å². The van der Waals surface area contributed by atoms with Crippen molar-refractivity contribution in [1.29, 1.82) is 0 Å². The average Bonchev–Trinajstić information content (AvgIpc) is 2.57. The minimum absolute atomic E-state index is 0.165. The van der Waals surface area contributed by atoms with Crippen molar-refractivity contribution in [3.63, 3.8) is 0 Å². The number of carbonyl (C=O) groups excluding carboxylic acids is 1. The Morgan fingerprint density at radius 1 is 1.47 bits per heavy atom. The Morgan fingerprint density at radius 2 is 2.18 bits per heavy atom. The molecule has 1 aromatic heterocycles. The van der Waals surface area contributed by atoms with Crippen LogP contribution in [0.3, 0.4) is 0 Å². The molecule has 0 radical (unpaired) electrons. The third-order valence-electron chi connectivity index (χ3n) is 2.86. The van der Waals surface area contributed by atoms with Gasteiger partial charge in [-0.15, -0.1) is 0 Å². The molecule has 17 heavy (non-hydrogen) atoms. The molecular formula is C12H21N3O2. The molecule has 0 saturated carbocycles. The Hall–Kier alpha value is -1.36. The summed E-state index contributed by atoms with van der Waals surface area (Å²) in [5, 5.41) is 7.61. The SMILES string of the molecule is CNCc1c(C)nn(CCCC(=O)OC)c1C. The van der Waals surface area contributed by atoms with Crippen LogP contribution in [-0.2, 0) is 22.6 Å². The highest BCUT2D eigenvalue weighted by Crippen LogP contribution is 2.13. The molecule has 0 spiro atoms. The summed E-state index contributed by atoms with van der Waals surface area (Å²) in [7, 11) is 3.34. The van der Waals surface area contributed by atoms with E-state index >= 15 is 0 Å². The van der Waals surface area contributed by atoms with Crippen molar-refractivity contribution in [2.24, 2.45) is 0 Å². The smallest absolute Gasteiger partial charge is 0.305 e. The Kier molecular flexibility index (Phi) is 5.15. The van der Waals surface area contributed by atoms with E-state index in [0.717, 1.165) is 25.2 Å². The quantitative estimate of drug-likeness (QED) is 0.757. The van der Waals surface area contributed by atoms with Gasteiger partial charge in [-0.1, -0.05) is 0 Å². The standard InChI is InChI=1S/C12H21N3O2/c1-9-11(8-13-3)10(2)15(14-9)7-5-6-12(16)17-4/h13H,5-8H2,1-4H3. The molecule has 1 heterocycles. The molecule has 0 amide bonds. The third kappa shape index (κ3) is 3.56. The van der Waals surface area contributed by atoms with Gasteiger partial charge in [0.1, 0.15) is 0 Å². The molecule has 96 valence electrons. The monoisotopic (exact) mass is 239 g/mol. The number of nitrogens with zero attached hydrogens (tertiary/aromatic N) is 2. The number of ether oxygens (including phenoxy) is 1. The zero-order chi connectivity index (χ0) is 12.8. The maximum Gasteiger partial charge on any atom is 0.305 e. The molecule has 0 bridgehead atoms. The molecule has 1 aromatic rings. The van der Waals surface area contributed by atoms with Crippen molar-refractivity contribution >= 4 is 5.97 Å². The van der Waals surface area contributed by atoms with E-state index in [2.05, 4.69) is 22.1 Å². The number of methoxy groups -OCH3 is 1. The predicted molar refractivity (Wildman–Crippen MR) is 65.7 cm³/mol. The van der Waals surface area contributed by atoms with Gasteiger partial charge in [0.25, 0.3) is 0 Å². The maximum atomic E-state index is 11.0. The van der Waals surface area contributed by atoms with Crippen molar-refractivity contribution in [1.82, 2.24) is 15.1 Å². The molecule has 0 aliphatic rings. The molecule has 5 heteroatoms. The van der Waals surface area contributed by atoms with Crippen LogP contribution in [-0.4, -0.2) is 29.9 Å². The van der Waals surface area contributed by atoms with Gasteiger partial charge in [0, 0.05) is 30.8 Å². The van der Waals surface area contributed by atoms with Crippen molar-refractivity contribution in [2.45, 2.75) is 39.8 Å². The second kappa shape index (κ2) is 6.39. The average molecular weight is 239 g/mol. The lowest BCUT2D eigenvalue weighted by atomic mass is 10.2. The van der Waals surface area contributed by atoms with Gasteiger partial charge in [-0.2, -0.15) is 5.10 Å². The van der Waals surface area contributed by atoms with E-state index in [0.29, 0.717) is 6.42 Å². The number of nitrogens with one attached hydrogen (secondary N) is 1. The van der Waals surface area contributed by atoms with Gasteiger partial charge in [-0.25, -0.2) is 0 Å². The van der Waals surface area contributed by atoms with Crippen molar-refractivity contribution < 1.29 is 9.53 Å². The van der Waals surface area contributed by atoms with Crippen LogP contribution in [0.4, 0.5) is 0 Å². The normalized spacial score (nSPS) is 10.6. The fourth-order valence-electron chi connectivity index (χ4n) is 1.86. The second-order valence-electron chi connectivity index (χ2n) is 4.08. The molecule has 0 fully saturated rings. The fraction of sp³-hybridized carbons (Fsp3) is 0.667. The number of aromatic nitrogens is 2. The van der Waals surface area contributed by atoms with Crippen LogP contribution in [0.5, 0.6) is 0 Å². The Labute approximate surface area is 102 Å². The molecule has 5 nitrogen and oxygen atoms in total. The molecule has 0 unspecified atom stereocenters. The van der Waals surface area contributed by atoms with Crippen LogP contribution in [0.15, 0.2) is 0 Å². The molecule has 0 atom stereocenters. The van der Waals surface area contributed by atoms with E-state index < -0.39 is 0 Å². The van der Waals surface area contributed by atoms with Crippen LogP contribution in [0.25, 0.3) is 0 Å². The number of aryl methyl sites for hydroxylation is 2. The highest BCUT2D eigenvalue weighted by molar-refractivity contribution is 5.68. The number of hydrogen-bond acceptors (Lipinski definition) is 4. The largest absolute Gasteiger partial charge is 0.469 e. The third-order valence-corrected chi connectivity index (χ3v) is 2.86. The summed E-state index contributed by atoms with van der Waals surface area (Å²) < 4.78 is 6.57. The van der Waals surface area contributed by atoms with Crippen molar-refractivity contribution in [2.75, 3.05) is 14.2 Å². The minimum Gasteiger partial charge on any atom is -0.469 e. The predicted octanol–water partition coefficient (Wildman–Crippen LogP) is 1.17. The number of rotatable bonds is 6. The van der Waals surface area contributed by atoms with E-state index in [1.807, 2.05) is 18.7 Å². The summed E-state index contributed by atoms with van der Waals surface area (Å²) >= 11 is 0. The van der Waals surface area contributed by atoms with E-state index in [9.17, 15) is 4.79 Å². The molecular weight excluding hydrogens is 218 g/mol. The summed E-state index contributed by atoms with van der Waals surface area (Å²) in [4.78, 5) is 11.0. The van der Waals surface area contributed by atoms with Gasteiger partial charge in [0.2, 0.25) is 0 Å².